The molecular formula is C19H20F3N3O3. The summed E-state index contributed by atoms with van der Waals surface area (Å²) >= 11 is 0. The molecule has 3 amide bonds. The first-order valence-corrected chi connectivity index (χ1v) is 8.43. The van der Waals surface area contributed by atoms with Crippen LogP contribution in [0.25, 0.3) is 0 Å². The Kier molecular flexibility index (Phi) is 6.86. The van der Waals surface area contributed by atoms with E-state index in [1.165, 1.54) is 12.1 Å². The van der Waals surface area contributed by atoms with E-state index < -0.39 is 30.1 Å². The molecule has 0 saturated heterocycles. The average molecular weight is 395 g/mol. The number of amides is 3. The first-order valence-electron chi connectivity index (χ1n) is 8.43. The van der Waals surface area contributed by atoms with Crippen LogP contribution in [0.2, 0.25) is 0 Å². The lowest BCUT2D eigenvalue weighted by Gasteiger charge is -2.22. The van der Waals surface area contributed by atoms with Gasteiger partial charge in [-0.2, -0.15) is 0 Å². The molecule has 1 atom stereocenters. The number of carbonyl (C=O) groups is 2. The van der Waals surface area contributed by atoms with Crippen LogP contribution in [-0.2, 0) is 4.79 Å². The van der Waals surface area contributed by atoms with Crippen molar-refractivity contribution in [2.24, 2.45) is 5.92 Å². The van der Waals surface area contributed by atoms with E-state index in [9.17, 15) is 22.8 Å². The smallest absolute Gasteiger partial charge is 0.406 e. The first kappa shape index (κ1) is 21.1. The summed E-state index contributed by atoms with van der Waals surface area (Å²) in [5.74, 6) is -1.29. The summed E-state index contributed by atoms with van der Waals surface area (Å²) in [6.45, 7) is 3.46. The van der Waals surface area contributed by atoms with Gasteiger partial charge in [-0.1, -0.05) is 38.1 Å². The summed E-state index contributed by atoms with van der Waals surface area (Å²) in [7, 11) is 0. The van der Waals surface area contributed by atoms with Crippen LogP contribution in [-0.4, -0.2) is 24.3 Å². The predicted octanol–water partition coefficient (Wildman–Crippen LogP) is 4.37. The second-order valence-corrected chi connectivity index (χ2v) is 6.25. The van der Waals surface area contributed by atoms with Gasteiger partial charge in [0, 0.05) is 17.4 Å². The zero-order valence-corrected chi connectivity index (χ0v) is 15.2. The molecular weight excluding hydrogens is 375 g/mol. The third kappa shape index (κ3) is 6.82. The van der Waals surface area contributed by atoms with Crippen molar-refractivity contribution in [1.29, 1.82) is 0 Å². The van der Waals surface area contributed by atoms with Crippen LogP contribution in [0, 0.1) is 5.92 Å². The maximum atomic E-state index is 12.5. The second-order valence-electron chi connectivity index (χ2n) is 6.25. The van der Waals surface area contributed by atoms with Gasteiger partial charge in [0.25, 0.3) is 0 Å². The van der Waals surface area contributed by atoms with Crippen LogP contribution in [0.1, 0.15) is 13.8 Å². The van der Waals surface area contributed by atoms with Crippen LogP contribution in [0.3, 0.4) is 0 Å². The van der Waals surface area contributed by atoms with E-state index in [4.69, 9.17) is 0 Å². The number of carbonyl (C=O) groups excluding carboxylic acids is 2. The minimum Gasteiger partial charge on any atom is -0.406 e. The molecule has 2 rings (SSSR count). The van der Waals surface area contributed by atoms with Gasteiger partial charge in [0.05, 0.1) is 0 Å². The fourth-order valence-electron chi connectivity index (χ4n) is 2.36. The Morgan fingerprint density at radius 3 is 2.18 bits per heavy atom. The number of hydrogen-bond donors (Lipinski definition) is 3. The number of para-hydroxylation sites is 1. The van der Waals surface area contributed by atoms with Crippen LogP contribution in [0.15, 0.2) is 54.6 Å². The van der Waals surface area contributed by atoms with Gasteiger partial charge in [0.1, 0.15) is 11.8 Å². The lowest BCUT2D eigenvalue weighted by molar-refractivity contribution is -0.274. The molecule has 1 unspecified atom stereocenters. The Hall–Kier alpha value is -3.23. The van der Waals surface area contributed by atoms with E-state index in [0.717, 1.165) is 12.1 Å². The SMILES string of the molecule is CC(C)C(NC(=O)Nc1ccccc1)C(=O)Nc1cccc(OC(F)(F)F)c1. The number of urea groups is 1. The number of nitrogens with one attached hydrogen (secondary N) is 3. The number of halogens is 3. The van der Waals surface area contributed by atoms with Gasteiger partial charge in [-0.15, -0.1) is 13.2 Å². The van der Waals surface area contributed by atoms with Crippen LogP contribution >= 0.6 is 0 Å². The minimum absolute atomic E-state index is 0.114. The summed E-state index contributed by atoms with van der Waals surface area (Å²) in [4.78, 5) is 24.7. The zero-order chi connectivity index (χ0) is 20.7. The number of rotatable bonds is 6. The molecule has 0 aliphatic heterocycles. The third-order valence-corrected chi connectivity index (χ3v) is 3.60. The van der Waals surface area contributed by atoms with Gasteiger partial charge in [-0.25, -0.2) is 4.79 Å². The fraction of sp³-hybridized carbons (Fsp3) is 0.263. The lowest BCUT2D eigenvalue weighted by Crippen LogP contribution is -2.48. The maximum absolute atomic E-state index is 12.5. The Morgan fingerprint density at radius 1 is 0.929 bits per heavy atom. The second kappa shape index (κ2) is 9.12. The van der Waals surface area contributed by atoms with Gasteiger partial charge in [-0.3, -0.25) is 4.79 Å². The molecule has 9 heteroatoms. The first-order chi connectivity index (χ1) is 13.1. The Balaban J connectivity index is 2.02. The molecule has 0 bridgehead atoms. The monoisotopic (exact) mass is 395 g/mol. The Labute approximate surface area is 160 Å². The maximum Gasteiger partial charge on any atom is 0.573 e. The van der Waals surface area contributed by atoms with E-state index in [-0.39, 0.29) is 11.6 Å². The summed E-state index contributed by atoms with van der Waals surface area (Å²) in [6.07, 6.45) is -4.83. The molecule has 0 fully saturated rings. The molecule has 0 aliphatic rings. The van der Waals surface area contributed by atoms with E-state index in [2.05, 4.69) is 20.7 Å². The summed E-state index contributed by atoms with van der Waals surface area (Å²) in [6, 6.07) is 12.1. The molecule has 3 N–H and O–H groups in total. The van der Waals surface area contributed by atoms with Crippen molar-refractivity contribution in [3.63, 3.8) is 0 Å². The summed E-state index contributed by atoms with van der Waals surface area (Å²) in [5.41, 5.74) is 0.669. The molecule has 0 spiro atoms. The van der Waals surface area contributed by atoms with Gasteiger partial charge in [0.2, 0.25) is 5.91 Å². The number of benzene rings is 2. The number of alkyl halides is 3. The van der Waals surface area contributed by atoms with E-state index in [1.54, 1.807) is 44.2 Å². The van der Waals surface area contributed by atoms with Crippen molar-refractivity contribution in [1.82, 2.24) is 5.32 Å². The highest BCUT2D eigenvalue weighted by Crippen LogP contribution is 2.25. The molecule has 0 saturated carbocycles. The molecule has 0 aliphatic carbocycles. The molecule has 2 aromatic carbocycles. The highest BCUT2D eigenvalue weighted by atomic mass is 19.4. The molecule has 28 heavy (non-hydrogen) atoms. The quantitative estimate of drug-likeness (QED) is 0.680. The molecule has 6 nitrogen and oxygen atoms in total. The number of ether oxygens (including phenoxy) is 1. The normalized spacial score (nSPS) is 12.2. The zero-order valence-electron chi connectivity index (χ0n) is 15.2. The molecule has 0 heterocycles. The highest BCUT2D eigenvalue weighted by Gasteiger charge is 2.31. The largest absolute Gasteiger partial charge is 0.573 e. The van der Waals surface area contributed by atoms with Crippen LogP contribution in [0.5, 0.6) is 5.75 Å². The van der Waals surface area contributed by atoms with Crippen LogP contribution in [0.4, 0.5) is 29.3 Å². The minimum atomic E-state index is -4.83. The molecule has 150 valence electrons. The van der Waals surface area contributed by atoms with E-state index in [0.29, 0.717) is 5.69 Å². The number of hydrogen-bond acceptors (Lipinski definition) is 3. The Morgan fingerprint density at radius 2 is 1.57 bits per heavy atom. The molecule has 2 aromatic rings. The third-order valence-electron chi connectivity index (χ3n) is 3.60. The lowest BCUT2D eigenvalue weighted by atomic mass is 10.0. The predicted molar refractivity (Wildman–Crippen MR) is 99.0 cm³/mol. The van der Waals surface area contributed by atoms with Crippen molar-refractivity contribution >= 4 is 23.3 Å². The standard InChI is InChI=1S/C19H20F3N3O3/c1-12(2)16(25-18(27)24-13-7-4-3-5-8-13)17(26)23-14-9-6-10-15(11-14)28-19(20,21)22/h3-12,16H,1-2H3,(H,23,26)(H2,24,25,27). The summed E-state index contributed by atoms with van der Waals surface area (Å²) in [5, 5.41) is 7.66. The molecule has 0 aromatic heterocycles. The van der Waals surface area contributed by atoms with Crippen molar-refractivity contribution in [3.05, 3.63) is 54.6 Å². The van der Waals surface area contributed by atoms with Crippen molar-refractivity contribution in [2.45, 2.75) is 26.3 Å². The summed E-state index contributed by atoms with van der Waals surface area (Å²) < 4.78 is 40.8. The van der Waals surface area contributed by atoms with Gasteiger partial charge in [-0.05, 0) is 30.2 Å². The average Bonchev–Trinajstić information content (AvgIpc) is 2.59. The fourth-order valence-corrected chi connectivity index (χ4v) is 2.36. The van der Waals surface area contributed by atoms with Gasteiger partial charge >= 0.3 is 12.4 Å². The van der Waals surface area contributed by atoms with Gasteiger partial charge in [0.15, 0.2) is 0 Å². The van der Waals surface area contributed by atoms with Crippen molar-refractivity contribution < 1.29 is 27.5 Å². The van der Waals surface area contributed by atoms with Crippen molar-refractivity contribution in [2.75, 3.05) is 10.6 Å². The topological polar surface area (TPSA) is 79.5 Å². The highest BCUT2D eigenvalue weighted by molar-refractivity contribution is 5.99. The number of anilines is 2. The van der Waals surface area contributed by atoms with Crippen molar-refractivity contribution in [3.8, 4) is 5.75 Å². The molecule has 0 radical (unpaired) electrons. The van der Waals surface area contributed by atoms with E-state index >= 15 is 0 Å². The van der Waals surface area contributed by atoms with Crippen LogP contribution < -0.4 is 20.7 Å². The Bertz CT molecular complexity index is 811. The van der Waals surface area contributed by atoms with E-state index in [1.807, 2.05) is 0 Å². The van der Waals surface area contributed by atoms with Gasteiger partial charge < -0.3 is 20.7 Å².